The minimum absolute atomic E-state index is 0.0776. The summed E-state index contributed by atoms with van der Waals surface area (Å²) in [5.74, 6) is 0.971. The van der Waals surface area contributed by atoms with Crippen LogP contribution in [0.15, 0.2) is 45.6 Å². The zero-order valence-electron chi connectivity index (χ0n) is 21.3. The molecule has 0 bridgehead atoms. The first kappa shape index (κ1) is 26.0. The minimum Gasteiger partial charge on any atom is -0.493 e. The molecule has 1 aliphatic rings. The Morgan fingerprint density at radius 2 is 1.86 bits per heavy atom. The lowest BCUT2D eigenvalue weighted by Gasteiger charge is -2.27. The van der Waals surface area contributed by atoms with Crippen molar-refractivity contribution in [2.45, 2.75) is 38.6 Å². The number of amides is 1. The van der Waals surface area contributed by atoms with Gasteiger partial charge in [0.25, 0.3) is 5.91 Å². The first-order valence-electron chi connectivity index (χ1n) is 12.4. The molecule has 0 aliphatic carbocycles. The van der Waals surface area contributed by atoms with E-state index in [2.05, 4.69) is 6.92 Å². The Labute approximate surface area is 216 Å². The monoisotopic (exact) mass is 512 g/mol. The number of benzene rings is 2. The molecular weight excluding hydrogens is 480 g/mol. The van der Waals surface area contributed by atoms with Gasteiger partial charge in [-0.25, -0.2) is 0 Å². The number of likely N-dealkylation sites (N-methyl/N-ethyl adjacent to an activating group) is 1. The van der Waals surface area contributed by atoms with Gasteiger partial charge >= 0.3 is 0 Å². The van der Waals surface area contributed by atoms with E-state index < -0.39 is 6.04 Å². The maximum Gasteiger partial charge on any atom is 0.290 e. The zero-order chi connectivity index (χ0) is 25.8. The number of fused-ring (bicyclic) bond motifs is 2. The first-order valence-corrected chi connectivity index (χ1v) is 12.8. The molecule has 0 fully saturated rings. The van der Waals surface area contributed by atoms with E-state index in [9.17, 15) is 9.59 Å². The van der Waals surface area contributed by atoms with Gasteiger partial charge in [-0.1, -0.05) is 43.9 Å². The Balaban J connectivity index is 1.76. The Kier molecular flexibility index (Phi) is 8.21. The second-order valence-electron chi connectivity index (χ2n) is 9.34. The second-order valence-corrected chi connectivity index (χ2v) is 9.77. The largest absolute Gasteiger partial charge is 0.493 e. The number of methoxy groups -OCH3 is 1. The van der Waals surface area contributed by atoms with Crippen molar-refractivity contribution in [3.8, 4) is 11.5 Å². The quantitative estimate of drug-likeness (QED) is 0.315. The summed E-state index contributed by atoms with van der Waals surface area (Å²) in [6.45, 7) is 3.83. The average molecular weight is 513 g/mol. The highest BCUT2D eigenvalue weighted by Gasteiger charge is 2.42. The highest BCUT2D eigenvalue weighted by Crippen LogP contribution is 2.41. The standard InChI is InChI=1S/C28H33ClN2O5/c1-5-6-7-8-15-35-22-11-9-18(16-23(22)34-4)25-24-26(32)20-17-19(29)10-12-21(20)36-27(24)28(33)31(25)14-13-30(2)3/h9-12,16-17,25H,5-8,13-15H2,1-4H3. The molecule has 7 nitrogen and oxygen atoms in total. The summed E-state index contributed by atoms with van der Waals surface area (Å²) < 4.78 is 17.6. The van der Waals surface area contributed by atoms with Crippen molar-refractivity contribution in [1.29, 1.82) is 0 Å². The molecule has 1 aliphatic heterocycles. The fourth-order valence-corrected chi connectivity index (χ4v) is 4.73. The fraction of sp³-hybridized carbons (Fsp3) is 0.429. The summed E-state index contributed by atoms with van der Waals surface area (Å²) in [5.41, 5.74) is 1.16. The van der Waals surface area contributed by atoms with Crippen molar-refractivity contribution in [3.05, 3.63) is 68.5 Å². The van der Waals surface area contributed by atoms with Crippen LogP contribution in [-0.2, 0) is 0 Å². The van der Waals surface area contributed by atoms with E-state index >= 15 is 0 Å². The SMILES string of the molecule is CCCCCCOc1ccc(C2c3c(oc4ccc(Cl)cc4c3=O)C(=O)N2CCN(C)C)cc1OC. The minimum atomic E-state index is -0.611. The lowest BCUT2D eigenvalue weighted by atomic mass is 9.98. The lowest BCUT2D eigenvalue weighted by Crippen LogP contribution is -2.35. The third-order valence-corrected chi connectivity index (χ3v) is 6.71. The zero-order valence-corrected chi connectivity index (χ0v) is 22.1. The number of halogens is 1. The molecule has 0 spiro atoms. The van der Waals surface area contributed by atoms with Gasteiger partial charge in [-0.3, -0.25) is 9.59 Å². The summed E-state index contributed by atoms with van der Waals surface area (Å²) >= 11 is 6.17. The van der Waals surface area contributed by atoms with Crippen LogP contribution in [0.25, 0.3) is 11.0 Å². The predicted molar refractivity (Wildman–Crippen MR) is 142 cm³/mol. The maximum absolute atomic E-state index is 13.7. The Hall–Kier alpha value is -3.03. The van der Waals surface area contributed by atoms with Gasteiger partial charge in [-0.05, 0) is 56.4 Å². The van der Waals surface area contributed by atoms with Crippen molar-refractivity contribution in [3.63, 3.8) is 0 Å². The summed E-state index contributed by atoms with van der Waals surface area (Å²) in [6.07, 6.45) is 4.43. The molecule has 4 rings (SSSR count). The smallest absolute Gasteiger partial charge is 0.290 e. The number of rotatable bonds is 11. The van der Waals surface area contributed by atoms with Crippen LogP contribution in [-0.4, -0.2) is 56.6 Å². The second kappa shape index (κ2) is 11.4. The highest BCUT2D eigenvalue weighted by atomic mass is 35.5. The molecule has 2 heterocycles. The number of carbonyl (C=O) groups is 1. The third-order valence-electron chi connectivity index (χ3n) is 6.47. The molecule has 1 aromatic heterocycles. The Bertz CT molecular complexity index is 1300. The molecule has 192 valence electrons. The van der Waals surface area contributed by atoms with Crippen LogP contribution in [0.5, 0.6) is 11.5 Å². The Morgan fingerprint density at radius 1 is 1.06 bits per heavy atom. The van der Waals surface area contributed by atoms with Gasteiger partial charge in [0.2, 0.25) is 5.76 Å². The number of nitrogens with zero attached hydrogens (tertiary/aromatic N) is 2. The normalized spacial score (nSPS) is 15.1. The van der Waals surface area contributed by atoms with E-state index in [0.29, 0.717) is 52.8 Å². The van der Waals surface area contributed by atoms with Gasteiger partial charge < -0.3 is 23.7 Å². The molecular formula is C28H33ClN2O5. The van der Waals surface area contributed by atoms with Gasteiger partial charge in [0, 0.05) is 18.1 Å². The van der Waals surface area contributed by atoms with Gasteiger partial charge in [-0.15, -0.1) is 0 Å². The number of ether oxygens (including phenoxy) is 2. The number of carbonyl (C=O) groups excluding carboxylic acids is 1. The van der Waals surface area contributed by atoms with Crippen molar-refractivity contribution in [2.24, 2.45) is 0 Å². The average Bonchev–Trinajstić information content (AvgIpc) is 3.14. The number of hydrogen-bond acceptors (Lipinski definition) is 6. The van der Waals surface area contributed by atoms with E-state index in [4.69, 9.17) is 25.5 Å². The molecule has 1 amide bonds. The van der Waals surface area contributed by atoms with E-state index in [1.807, 2.05) is 37.2 Å². The van der Waals surface area contributed by atoms with Crippen molar-refractivity contribution < 1.29 is 18.7 Å². The molecule has 0 saturated carbocycles. The van der Waals surface area contributed by atoms with Crippen LogP contribution in [0, 0.1) is 0 Å². The van der Waals surface area contributed by atoms with Crippen LogP contribution >= 0.6 is 11.6 Å². The number of unbranched alkanes of at least 4 members (excludes halogenated alkanes) is 3. The molecule has 36 heavy (non-hydrogen) atoms. The van der Waals surface area contributed by atoms with Crippen LogP contribution < -0.4 is 14.9 Å². The van der Waals surface area contributed by atoms with E-state index in [1.165, 1.54) is 12.8 Å². The van der Waals surface area contributed by atoms with Crippen molar-refractivity contribution in [2.75, 3.05) is 40.9 Å². The molecule has 0 N–H and O–H groups in total. The van der Waals surface area contributed by atoms with Crippen LogP contribution in [0.4, 0.5) is 0 Å². The summed E-state index contributed by atoms with van der Waals surface area (Å²) in [4.78, 5) is 30.9. The molecule has 1 atom stereocenters. The van der Waals surface area contributed by atoms with Gasteiger partial charge in [0.15, 0.2) is 16.9 Å². The summed E-state index contributed by atoms with van der Waals surface area (Å²) in [6, 6.07) is 9.83. The first-order chi connectivity index (χ1) is 17.3. The van der Waals surface area contributed by atoms with Gasteiger partial charge in [0.05, 0.1) is 30.7 Å². The van der Waals surface area contributed by atoms with E-state index in [1.54, 1.807) is 30.2 Å². The van der Waals surface area contributed by atoms with Crippen molar-refractivity contribution >= 4 is 28.5 Å². The number of hydrogen-bond donors (Lipinski definition) is 0. The van der Waals surface area contributed by atoms with Gasteiger partial charge in [0.1, 0.15) is 5.58 Å². The molecule has 1 unspecified atom stereocenters. The molecule has 0 saturated heterocycles. The molecule has 3 aromatic rings. The molecule has 2 aromatic carbocycles. The predicted octanol–water partition coefficient (Wildman–Crippen LogP) is 5.52. The maximum atomic E-state index is 13.7. The van der Waals surface area contributed by atoms with Crippen molar-refractivity contribution in [1.82, 2.24) is 9.80 Å². The topological polar surface area (TPSA) is 72.2 Å². The molecule has 8 heteroatoms. The van der Waals surface area contributed by atoms with E-state index in [-0.39, 0.29) is 17.1 Å². The summed E-state index contributed by atoms with van der Waals surface area (Å²) in [5, 5.41) is 0.787. The van der Waals surface area contributed by atoms with E-state index in [0.717, 1.165) is 18.4 Å². The molecule has 0 radical (unpaired) electrons. The highest BCUT2D eigenvalue weighted by molar-refractivity contribution is 6.31. The van der Waals surface area contributed by atoms with Crippen LogP contribution in [0.1, 0.15) is 60.3 Å². The fourth-order valence-electron chi connectivity index (χ4n) is 4.56. The van der Waals surface area contributed by atoms with Gasteiger partial charge in [-0.2, -0.15) is 0 Å². The van der Waals surface area contributed by atoms with Crippen LogP contribution in [0.2, 0.25) is 5.02 Å². The third kappa shape index (κ3) is 5.22. The Morgan fingerprint density at radius 3 is 2.58 bits per heavy atom. The lowest BCUT2D eigenvalue weighted by molar-refractivity contribution is 0.0716. The summed E-state index contributed by atoms with van der Waals surface area (Å²) in [7, 11) is 5.47. The van der Waals surface area contributed by atoms with Crippen LogP contribution in [0.3, 0.4) is 0 Å².